The molecule has 0 saturated carbocycles. The van der Waals surface area contributed by atoms with Gasteiger partial charge in [-0.1, -0.05) is 6.92 Å². The number of carbonyl (C=O) groups is 1. The third-order valence-electron chi connectivity index (χ3n) is 3.10. The van der Waals surface area contributed by atoms with Crippen molar-refractivity contribution >= 4 is 11.6 Å². The number of rotatable bonds is 3. The van der Waals surface area contributed by atoms with Crippen molar-refractivity contribution in [3.05, 3.63) is 18.0 Å². The monoisotopic (exact) mass is 262 g/mol. The average Bonchev–Trinajstić information content (AvgIpc) is 2.79. The Balaban J connectivity index is 2.17. The van der Waals surface area contributed by atoms with E-state index < -0.39 is 6.10 Å². The quantitative estimate of drug-likeness (QED) is 0.875. The van der Waals surface area contributed by atoms with Gasteiger partial charge in [0, 0.05) is 19.3 Å². The van der Waals surface area contributed by atoms with Crippen LogP contribution in [0.2, 0.25) is 0 Å². The summed E-state index contributed by atoms with van der Waals surface area (Å²) in [4.78, 5) is 14.1. The SMILES string of the molecule is CCCn1cc(N)cc1C(=O)N1CCOC(C#N)C1. The Hall–Kier alpha value is -2.00. The molecule has 1 atom stereocenters. The summed E-state index contributed by atoms with van der Waals surface area (Å²) in [6.45, 7) is 4.02. The normalized spacial score (nSPS) is 19.2. The Bertz CT molecular complexity index is 503. The Labute approximate surface area is 112 Å². The van der Waals surface area contributed by atoms with E-state index in [9.17, 15) is 4.79 Å². The summed E-state index contributed by atoms with van der Waals surface area (Å²) in [7, 11) is 0. The van der Waals surface area contributed by atoms with Crippen LogP contribution in [0, 0.1) is 11.3 Å². The molecule has 2 N–H and O–H groups in total. The number of nitrogens with zero attached hydrogens (tertiary/aromatic N) is 3. The van der Waals surface area contributed by atoms with E-state index in [0.29, 0.717) is 31.1 Å². The molecule has 6 heteroatoms. The van der Waals surface area contributed by atoms with Crippen molar-refractivity contribution in [1.82, 2.24) is 9.47 Å². The molecule has 0 radical (unpaired) electrons. The molecule has 1 fully saturated rings. The van der Waals surface area contributed by atoms with Crippen LogP contribution >= 0.6 is 0 Å². The Morgan fingerprint density at radius 3 is 3.16 bits per heavy atom. The number of amides is 1. The Morgan fingerprint density at radius 2 is 2.47 bits per heavy atom. The molecule has 1 saturated heterocycles. The zero-order chi connectivity index (χ0) is 13.8. The largest absolute Gasteiger partial charge is 0.397 e. The molecule has 19 heavy (non-hydrogen) atoms. The van der Waals surface area contributed by atoms with Crippen LogP contribution < -0.4 is 5.73 Å². The zero-order valence-electron chi connectivity index (χ0n) is 11.0. The minimum absolute atomic E-state index is 0.0892. The van der Waals surface area contributed by atoms with E-state index in [-0.39, 0.29) is 5.91 Å². The highest BCUT2D eigenvalue weighted by Crippen LogP contribution is 2.16. The second-order valence-corrected chi connectivity index (χ2v) is 4.59. The van der Waals surface area contributed by atoms with Crippen molar-refractivity contribution in [2.24, 2.45) is 0 Å². The highest BCUT2D eigenvalue weighted by atomic mass is 16.5. The number of morpholine rings is 1. The molecule has 1 aromatic rings. The summed E-state index contributed by atoms with van der Waals surface area (Å²) in [6, 6.07) is 3.73. The molecule has 6 nitrogen and oxygen atoms in total. The number of carbonyl (C=O) groups excluding carboxylic acids is 1. The minimum atomic E-state index is -0.537. The second kappa shape index (κ2) is 5.76. The maximum absolute atomic E-state index is 12.5. The van der Waals surface area contributed by atoms with E-state index in [1.807, 2.05) is 17.6 Å². The lowest BCUT2D eigenvalue weighted by Crippen LogP contribution is -2.45. The van der Waals surface area contributed by atoms with Gasteiger partial charge in [-0.15, -0.1) is 0 Å². The number of aryl methyl sites for hydroxylation is 1. The van der Waals surface area contributed by atoms with Crippen LogP contribution in [-0.4, -0.2) is 41.2 Å². The van der Waals surface area contributed by atoms with Gasteiger partial charge in [-0.05, 0) is 12.5 Å². The minimum Gasteiger partial charge on any atom is -0.397 e. The van der Waals surface area contributed by atoms with E-state index in [4.69, 9.17) is 15.7 Å². The predicted molar refractivity (Wildman–Crippen MR) is 70.4 cm³/mol. The van der Waals surface area contributed by atoms with Gasteiger partial charge in [-0.3, -0.25) is 4.79 Å². The molecule has 1 aliphatic rings. The molecule has 1 amide bonds. The topological polar surface area (TPSA) is 84.3 Å². The summed E-state index contributed by atoms with van der Waals surface area (Å²) < 4.78 is 7.11. The van der Waals surface area contributed by atoms with E-state index in [2.05, 4.69) is 0 Å². The fraction of sp³-hybridized carbons (Fsp3) is 0.538. The van der Waals surface area contributed by atoms with Crippen LogP contribution in [0.5, 0.6) is 0 Å². The Morgan fingerprint density at radius 1 is 1.68 bits per heavy atom. The summed E-state index contributed by atoms with van der Waals surface area (Å²) in [5.41, 5.74) is 6.93. The number of anilines is 1. The van der Waals surface area contributed by atoms with Crippen LogP contribution in [0.1, 0.15) is 23.8 Å². The van der Waals surface area contributed by atoms with Crippen LogP contribution in [0.15, 0.2) is 12.3 Å². The standard InChI is InChI=1S/C13H18N4O2/c1-2-3-16-8-10(15)6-12(16)13(18)17-4-5-19-11(7-14)9-17/h6,8,11H,2-5,9,15H2,1H3. The van der Waals surface area contributed by atoms with E-state index in [0.717, 1.165) is 13.0 Å². The van der Waals surface area contributed by atoms with Crippen molar-refractivity contribution in [3.63, 3.8) is 0 Å². The van der Waals surface area contributed by atoms with Gasteiger partial charge in [0.1, 0.15) is 5.69 Å². The van der Waals surface area contributed by atoms with Gasteiger partial charge in [0.05, 0.1) is 24.9 Å². The van der Waals surface area contributed by atoms with Gasteiger partial charge in [-0.25, -0.2) is 0 Å². The van der Waals surface area contributed by atoms with Crippen LogP contribution in [0.4, 0.5) is 5.69 Å². The van der Waals surface area contributed by atoms with E-state index in [1.165, 1.54) is 0 Å². The highest BCUT2D eigenvalue weighted by Gasteiger charge is 2.26. The van der Waals surface area contributed by atoms with E-state index in [1.54, 1.807) is 17.2 Å². The predicted octanol–water partition coefficient (Wildman–Crippen LogP) is 0.845. The lowest BCUT2D eigenvalue weighted by Gasteiger charge is -2.30. The van der Waals surface area contributed by atoms with Crippen LogP contribution in [0.3, 0.4) is 0 Å². The number of nitrogens with two attached hydrogens (primary N) is 1. The highest BCUT2D eigenvalue weighted by molar-refractivity contribution is 5.94. The summed E-state index contributed by atoms with van der Waals surface area (Å²) in [5, 5.41) is 8.87. The first-order chi connectivity index (χ1) is 9.15. The fourth-order valence-electron chi connectivity index (χ4n) is 2.21. The first-order valence-corrected chi connectivity index (χ1v) is 6.41. The molecule has 0 aromatic carbocycles. The zero-order valence-corrected chi connectivity index (χ0v) is 11.0. The lowest BCUT2D eigenvalue weighted by molar-refractivity contribution is 0.00298. The summed E-state index contributed by atoms with van der Waals surface area (Å²) in [5.74, 6) is -0.0892. The van der Waals surface area contributed by atoms with Crippen molar-refractivity contribution in [1.29, 1.82) is 5.26 Å². The molecular weight excluding hydrogens is 244 g/mol. The van der Waals surface area contributed by atoms with Gasteiger partial charge < -0.3 is 19.9 Å². The molecular formula is C13H18N4O2. The molecule has 102 valence electrons. The molecule has 2 heterocycles. The first-order valence-electron chi connectivity index (χ1n) is 6.41. The smallest absolute Gasteiger partial charge is 0.270 e. The molecule has 2 rings (SSSR count). The molecule has 1 unspecified atom stereocenters. The third kappa shape index (κ3) is 2.88. The van der Waals surface area contributed by atoms with Crippen molar-refractivity contribution < 1.29 is 9.53 Å². The first kappa shape index (κ1) is 13.4. The number of ether oxygens (including phenoxy) is 1. The molecule has 0 aliphatic carbocycles. The van der Waals surface area contributed by atoms with Gasteiger partial charge >= 0.3 is 0 Å². The molecule has 1 aromatic heterocycles. The van der Waals surface area contributed by atoms with Gasteiger partial charge in [0.25, 0.3) is 5.91 Å². The number of hydrogen-bond donors (Lipinski definition) is 1. The number of nitriles is 1. The van der Waals surface area contributed by atoms with Gasteiger partial charge in [0.15, 0.2) is 6.10 Å². The summed E-state index contributed by atoms with van der Waals surface area (Å²) >= 11 is 0. The number of aromatic nitrogens is 1. The summed E-state index contributed by atoms with van der Waals surface area (Å²) in [6.07, 6.45) is 2.17. The maximum atomic E-state index is 12.5. The number of hydrogen-bond acceptors (Lipinski definition) is 4. The molecule has 0 bridgehead atoms. The third-order valence-corrected chi connectivity index (χ3v) is 3.10. The maximum Gasteiger partial charge on any atom is 0.270 e. The van der Waals surface area contributed by atoms with Crippen LogP contribution in [0.25, 0.3) is 0 Å². The second-order valence-electron chi connectivity index (χ2n) is 4.59. The van der Waals surface area contributed by atoms with Crippen molar-refractivity contribution in [3.8, 4) is 6.07 Å². The van der Waals surface area contributed by atoms with Crippen molar-refractivity contribution in [2.75, 3.05) is 25.4 Å². The average molecular weight is 262 g/mol. The van der Waals surface area contributed by atoms with Crippen LogP contribution in [-0.2, 0) is 11.3 Å². The fourth-order valence-corrected chi connectivity index (χ4v) is 2.21. The van der Waals surface area contributed by atoms with Gasteiger partial charge in [0.2, 0.25) is 0 Å². The molecule has 0 spiro atoms. The van der Waals surface area contributed by atoms with E-state index >= 15 is 0 Å². The lowest BCUT2D eigenvalue weighted by atomic mass is 10.2. The van der Waals surface area contributed by atoms with Crippen molar-refractivity contribution in [2.45, 2.75) is 26.0 Å². The number of nitrogen functional groups attached to an aromatic ring is 1. The van der Waals surface area contributed by atoms with Gasteiger partial charge in [-0.2, -0.15) is 5.26 Å². The molecule has 1 aliphatic heterocycles. The Kier molecular flexibility index (Phi) is 4.07.